The molecule has 1 atom stereocenters. The number of hydrogen-bond donors (Lipinski definition) is 2. The third-order valence-electron chi connectivity index (χ3n) is 3.54. The minimum atomic E-state index is -0.186. The van der Waals surface area contributed by atoms with Gasteiger partial charge in [-0.2, -0.15) is 0 Å². The summed E-state index contributed by atoms with van der Waals surface area (Å²) in [6.45, 7) is 1.98. The third-order valence-corrected chi connectivity index (χ3v) is 4.82. The van der Waals surface area contributed by atoms with Crippen LogP contribution in [0, 0.1) is 6.92 Å². The number of carbonyl (C=O) groups is 1. The summed E-state index contributed by atoms with van der Waals surface area (Å²) in [6, 6.07) is 15.6. The zero-order chi connectivity index (χ0) is 16.9. The molecule has 0 saturated carbocycles. The second-order valence-corrected chi connectivity index (χ2v) is 6.96. The Hall–Kier alpha value is -2.17. The van der Waals surface area contributed by atoms with Crippen LogP contribution in [0.25, 0.3) is 6.08 Å². The largest absolute Gasteiger partial charge is 0.356 e. The number of benzene rings is 2. The summed E-state index contributed by atoms with van der Waals surface area (Å²) in [6.07, 6.45) is 5.71. The Kier molecular flexibility index (Phi) is 5.28. The first kappa shape index (κ1) is 16.7. The Morgan fingerprint density at radius 3 is 2.75 bits per heavy atom. The summed E-state index contributed by atoms with van der Waals surface area (Å²) >= 11 is 7.43. The minimum absolute atomic E-state index is 0.0678. The van der Waals surface area contributed by atoms with E-state index in [-0.39, 0.29) is 11.4 Å². The summed E-state index contributed by atoms with van der Waals surface area (Å²) < 4.78 is 0. The van der Waals surface area contributed by atoms with Gasteiger partial charge < -0.3 is 10.6 Å². The Balaban J connectivity index is 1.65. The molecular weight excluding hydrogens is 340 g/mol. The molecule has 3 rings (SSSR count). The van der Waals surface area contributed by atoms with Crippen LogP contribution in [0.4, 0.5) is 5.69 Å². The first-order valence-electron chi connectivity index (χ1n) is 7.55. The van der Waals surface area contributed by atoms with Crippen LogP contribution in [0.1, 0.15) is 11.1 Å². The van der Waals surface area contributed by atoms with Crippen LogP contribution in [0.2, 0.25) is 5.02 Å². The average molecular weight is 357 g/mol. The Morgan fingerprint density at radius 1 is 1.21 bits per heavy atom. The van der Waals surface area contributed by atoms with Crippen molar-refractivity contribution < 1.29 is 4.79 Å². The van der Waals surface area contributed by atoms with Crippen LogP contribution in [-0.4, -0.2) is 11.4 Å². The predicted molar refractivity (Wildman–Crippen MR) is 103 cm³/mol. The maximum absolute atomic E-state index is 12.1. The number of carbonyl (C=O) groups excluding carboxylic acids is 1. The van der Waals surface area contributed by atoms with Crippen molar-refractivity contribution in [1.29, 1.82) is 0 Å². The van der Waals surface area contributed by atoms with Crippen molar-refractivity contribution in [2.24, 2.45) is 0 Å². The minimum Gasteiger partial charge on any atom is -0.356 e. The average Bonchev–Trinajstić information content (AvgIpc) is 2.91. The molecule has 1 heterocycles. The van der Waals surface area contributed by atoms with E-state index in [2.05, 4.69) is 10.6 Å². The number of nitrogens with one attached hydrogen (secondary N) is 2. The molecule has 1 fully saturated rings. The van der Waals surface area contributed by atoms with Crippen molar-refractivity contribution in [2.75, 3.05) is 5.32 Å². The molecule has 0 bridgehead atoms. The molecule has 1 unspecified atom stereocenters. The number of thioether (sulfide) groups is 1. The van der Waals surface area contributed by atoms with Crippen molar-refractivity contribution in [3.8, 4) is 0 Å². The molecule has 0 aliphatic carbocycles. The lowest BCUT2D eigenvalue weighted by Crippen LogP contribution is -2.31. The topological polar surface area (TPSA) is 41.1 Å². The molecule has 0 spiro atoms. The number of anilines is 1. The highest BCUT2D eigenvalue weighted by molar-refractivity contribution is 8.05. The van der Waals surface area contributed by atoms with E-state index in [1.54, 1.807) is 0 Å². The summed E-state index contributed by atoms with van der Waals surface area (Å²) in [5.74, 6) is -0.0678. The monoisotopic (exact) mass is 356 g/mol. The zero-order valence-corrected chi connectivity index (χ0v) is 14.7. The van der Waals surface area contributed by atoms with Gasteiger partial charge in [-0.05, 0) is 42.3 Å². The Bertz CT molecular complexity index is 802. The molecule has 1 saturated heterocycles. The number of aryl methyl sites for hydroxylation is 1. The first-order valence-corrected chi connectivity index (χ1v) is 8.81. The first-order chi connectivity index (χ1) is 11.6. The number of hydrogen-bond acceptors (Lipinski definition) is 3. The quantitative estimate of drug-likeness (QED) is 0.773. The summed E-state index contributed by atoms with van der Waals surface area (Å²) in [5.41, 5.74) is 2.91. The van der Waals surface area contributed by atoms with Gasteiger partial charge in [0.2, 0.25) is 0 Å². The van der Waals surface area contributed by atoms with Crippen molar-refractivity contribution >= 4 is 41.0 Å². The zero-order valence-electron chi connectivity index (χ0n) is 13.1. The van der Waals surface area contributed by atoms with Gasteiger partial charge in [0.15, 0.2) is 5.50 Å². The van der Waals surface area contributed by atoms with Crippen LogP contribution >= 0.6 is 23.4 Å². The van der Waals surface area contributed by atoms with Gasteiger partial charge >= 0.3 is 0 Å². The SMILES string of the molecule is Cc1cc(Cl)ccc1NC1NC(=O)/C(=C/C=C/c2ccccc2)S1. The van der Waals surface area contributed by atoms with E-state index in [0.717, 1.165) is 16.8 Å². The van der Waals surface area contributed by atoms with Gasteiger partial charge in [-0.25, -0.2) is 0 Å². The van der Waals surface area contributed by atoms with Gasteiger partial charge in [0, 0.05) is 10.7 Å². The number of allylic oxidation sites excluding steroid dienone is 2. The smallest absolute Gasteiger partial charge is 0.260 e. The maximum atomic E-state index is 12.1. The van der Waals surface area contributed by atoms with Crippen LogP contribution in [0.5, 0.6) is 0 Å². The van der Waals surface area contributed by atoms with E-state index in [1.165, 1.54) is 11.8 Å². The van der Waals surface area contributed by atoms with Gasteiger partial charge in [0.25, 0.3) is 5.91 Å². The second kappa shape index (κ2) is 7.60. The van der Waals surface area contributed by atoms with E-state index in [1.807, 2.05) is 73.7 Å². The molecule has 3 nitrogen and oxygen atoms in total. The van der Waals surface area contributed by atoms with Crippen molar-refractivity contribution in [3.63, 3.8) is 0 Å². The van der Waals surface area contributed by atoms with Crippen molar-refractivity contribution in [1.82, 2.24) is 5.32 Å². The lowest BCUT2D eigenvalue weighted by molar-refractivity contribution is -0.116. The summed E-state index contributed by atoms with van der Waals surface area (Å²) in [4.78, 5) is 12.7. The third kappa shape index (κ3) is 4.22. The summed E-state index contributed by atoms with van der Waals surface area (Å²) in [7, 11) is 0. The van der Waals surface area contributed by atoms with E-state index in [9.17, 15) is 4.79 Å². The van der Waals surface area contributed by atoms with Crippen LogP contribution in [0.3, 0.4) is 0 Å². The molecule has 0 radical (unpaired) electrons. The molecule has 24 heavy (non-hydrogen) atoms. The molecule has 5 heteroatoms. The number of amides is 1. The predicted octanol–water partition coefficient (Wildman–Crippen LogP) is 4.80. The highest BCUT2D eigenvalue weighted by atomic mass is 35.5. The normalized spacial score (nSPS) is 19.0. The van der Waals surface area contributed by atoms with E-state index in [4.69, 9.17) is 11.6 Å². The number of rotatable bonds is 4. The number of halogens is 1. The van der Waals surface area contributed by atoms with E-state index >= 15 is 0 Å². The van der Waals surface area contributed by atoms with Gasteiger partial charge in [-0.1, -0.05) is 65.8 Å². The van der Waals surface area contributed by atoms with E-state index < -0.39 is 0 Å². The Labute approximate surface area is 150 Å². The maximum Gasteiger partial charge on any atom is 0.260 e. The van der Waals surface area contributed by atoms with Crippen molar-refractivity contribution in [3.05, 3.63) is 81.7 Å². The highest BCUT2D eigenvalue weighted by Crippen LogP contribution is 2.30. The van der Waals surface area contributed by atoms with Gasteiger partial charge in [0.05, 0.1) is 4.91 Å². The molecule has 1 aliphatic rings. The van der Waals surface area contributed by atoms with Crippen molar-refractivity contribution in [2.45, 2.75) is 12.4 Å². The molecule has 1 aliphatic heterocycles. The molecule has 0 aromatic heterocycles. The van der Waals surface area contributed by atoms with E-state index in [0.29, 0.717) is 9.93 Å². The fraction of sp³-hybridized carbons (Fsp3) is 0.105. The molecule has 2 aromatic rings. The molecule has 122 valence electrons. The van der Waals surface area contributed by atoms with Gasteiger partial charge in [-0.3, -0.25) is 4.79 Å². The molecule has 2 N–H and O–H groups in total. The lowest BCUT2D eigenvalue weighted by atomic mass is 10.2. The molecular formula is C19H17ClN2OS. The van der Waals surface area contributed by atoms with Crippen LogP contribution in [-0.2, 0) is 4.79 Å². The van der Waals surface area contributed by atoms with Crippen LogP contribution < -0.4 is 10.6 Å². The van der Waals surface area contributed by atoms with Gasteiger partial charge in [0.1, 0.15) is 0 Å². The Morgan fingerprint density at radius 2 is 2.00 bits per heavy atom. The fourth-order valence-electron chi connectivity index (χ4n) is 2.32. The fourth-order valence-corrected chi connectivity index (χ4v) is 3.48. The standard InChI is InChI=1S/C19H17ClN2OS/c1-13-12-15(20)10-11-16(13)21-19-22-18(23)17(24-19)9-5-8-14-6-3-2-4-7-14/h2-12,19,21H,1H3,(H,22,23)/b8-5+,17-9-. The highest BCUT2D eigenvalue weighted by Gasteiger charge is 2.26. The van der Waals surface area contributed by atoms with Gasteiger partial charge in [-0.15, -0.1) is 0 Å². The lowest BCUT2D eigenvalue weighted by Gasteiger charge is -2.14. The van der Waals surface area contributed by atoms with Crippen LogP contribution in [0.15, 0.2) is 65.6 Å². The summed E-state index contributed by atoms with van der Waals surface area (Å²) in [5, 5.41) is 6.93. The molecule has 1 amide bonds. The molecule has 2 aromatic carbocycles. The second-order valence-electron chi connectivity index (χ2n) is 5.38.